The molecule has 0 heterocycles. The zero-order chi connectivity index (χ0) is 12.8. The normalized spacial score (nSPS) is 26.7. The molecule has 0 aromatic heterocycles. The third-order valence-electron chi connectivity index (χ3n) is 3.15. The van der Waals surface area contributed by atoms with Crippen LogP contribution in [0.1, 0.15) is 39.0 Å². The second kappa shape index (κ2) is 6.44. The molecule has 17 heavy (non-hydrogen) atoms. The largest absolute Gasteiger partial charge is 0.479 e. The van der Waals surface area contributed by atoms with Gasteiger partial charge in [-0.05, 0) is 25.2 Å². The van der Waals surface area contributed by atoms with Crippen molar-refractivity contribution in [3.05, 3.63) is 0 Å². The fourth-order valence-corrected chi connectivity index (χ4v) is 2.06. The zero-order valence-electron chi connectivity index (χ0n) is 10.1. The summed E-state index contributed by atoms with van der Waals surface area (Å²) in [6.45, 7) is 2.21. The number of rotatable bonds is 3. The molecule has 0 radical (unpaired) electrons. The molecule has 3 atom stereocenters. The number of nitrogens with one attached hydrogen (secondary N) is 2. The predicted molar refractivity (Wildman–Crippen MR) is 63.3 cm³/mol. The molecule has 0 aromatic carbocycles. The van der Waals surface area contributed by atoms with E-state index in [4.69, 9.17) is 10.8 Å². The van der Waals surface area contributed by atoms with Gasteiger partial charge in [-0.1, -0.05) is 19.8 Å². The van der Waals surface area contributed by atoms with Gasteiger partial charge < -0.3 is 21.5 Å². The van der Waals surface area contributed by atoms with Gasteiger partial charge in [0.2, 0.25) is 0 Å². The maximum atomic E-state index is 11.5. The summed E-state index contributed by atoms with van der Waals surface area (Å²) in [5.74, 6) is -0.541. The van der Waals surface area contributed by atoms with Crippen molar-refractivity contribution in [2.24, 2.45) is 11.7 Å². The molecular formula is C11H21N3O3. The maximum Gasteiger partial charge on any atom is 0.341 e. The highest BCUT2D eigenvalue weighted by Crippen LogP contribution is 2.22. The van der Waals surface area contributed by atoms with Gasteiger partial charge in [-0.15, -0.1) is 0 Å². The van der Waals surface area contributed by atoms with Crippen LogP contribution in [-0.4, -0.2) is 29.3 Å². The highest BCUT2D eigenvalue weighted by molar-refractivity contribution is 5.82. The van der Waals surface area contributed by atoms with Crippen molar-refractivity contribution in [1.82, 2.24) is 10.6 Å². The van der Waals surface area contributed by atoms with Crippen LogP contribution in [0.25, 0.3) is 0 Å². The molecule has 5 N–H and O–H groups in total. The molecule has 0 spiro atoms. The minimum atomic E-state index is -1.35. The Morgan fingerprint density at radius 3 is 2.65 bits per heavy atom. The van der Waals surface area contributed by atoms with E-state index < -0.39 is 18.2 Å². The van der Waals surface area contributed by atoms with Crippen LogP contribution >= 0.6 is 0 Å². The summed E-state index contributed by atoms with van der Waals surface area (Å²) in [4.78, 5) is 21.9. The van der Waals surface area contributed by atoms with Crippen LogP contribution in [0.2, 0.25) is 0 Å². The van der Waals surface area contributed by atoms with E-state index >= 15 is 0 Å². The fourth-order valence-electron chi connectivity index (χ4n) is 2.06. The minimum absolute atomic E-state index is 0.126. The van der Waals surface area contributed by atoms with Gasteiger partial charge in [0.1, 0.15) is 0 Å². The number of hydrogen-bond donors (Lipinski definition) is 4. The summed E-state index contributed by atoms with van der Waals surface area (Å²) in [7, 11) is 0. The Hall–Kier alpha value is -1.30. The summed E-state index contributed by atoms with van der Waals surface area (Å²) in [5, 5.41) is 13.5. The SMILES string of the molecule is CC1CCCC(NC(=O)NC(N)C(=O)O)CC1. The maximum absolute atomic E-state index is 11.5. The van der Waals surface area contributed by atoms with E-state index in [1.54, 1.807) is 0 Å². The molecule has 2 amide bonds. The van der Waals surface area contributed by atoms with Crippen molar-refractivity contribution in [3.63, 3.8) is 0 Å². The van der Waals surface area contributed by atoms with Crippen LogP contribution in [-0.2, 0) is 4.79 Å². The highest BCUT2D eigenvalue weighted by atomic mass is 16.4. The van der Waals surface area contributed by atoms with E-state index in [1.165, 1.54) is 6.42 Å². The first-order chi connectivity index (χ1) is 7.99. The molecule has 0 saturated heterocycles. The van der Waals surface area contributed by atoms with Crippen LogP contribution < -0.4 is 16.4 Å². The molecule has 1 aliphatic rings. The Morgan fingerprint density at radius 1 is 1.29 bits per heavy atom. The topological polar surface area (TPSA) is 104 Å². The number of urea groups is 1. The zero-order valence-corrected chi connectivity index (χ0v) is 10.1. The average Bonchev–Trinajstić information content (AvgIpc) is 2.43. The van der Waals surface area contributed by atoms with Gasteiger partial charge in [-0.3, -0.25) is 0 Å². The van der Waals surface area contributed by atoms with E-state index in [9.17, 15) is 9.59 Å². The van der Waals surface area contributed by atoms with Gasteiger partial charge in [-0.2, -0.15) is 0 Å². The van der Waals surface area contributed by atoms with Crippen molar-refractivity contribution in [2.45, 2.75) is 51.2 Å². The lowest BCUT2D eigenvalue weighted by molar-refractivity contribution is -0.139. The van der Waals surface area contributed by atoms with E-state index in [0.29, 0.717) is 5.92 Å². The number of carboxylic acids is 1. The standard InChI is InChI=1S/C11H21N3O3/c1-7-3-2-4-8(6-5-7)13-11(17)14-9(12)10(15)16/h7-9H,2-6,12H2,1H3,(H,15,16)(H2,13,14,17). The van der Waals surface area contributed by atoms with Crippen molar-refractivity contribution >= 4 is 12.0 Å². The van der Waals surface area contributed by atoms with Gasteiger partial charge in [0.15, 0.2) is 6.17 Å². The quantitative estimate of drug-likeness (QED) is 0.431. The highest BCUT2D eigenvalue weighted by Gasteiger charge is 2.20. The fraction of sp³-hybridized carbons (Fsp3) is 0.818. The Kier molecular flexibility index (Phi) is 5.21. The second-order valence-electron chi connectivity index (χ2n) is 4.74. The molecule has 1 aliphatic carbocycles. The molecule has 98 valence electrons. The van der Waals surface area contributed by atoms with Crippen LogP contribution in [0.4, 0.5) is 4.79 Å². The third kappa shape index (κ3) is 5.04. The number of carbonyl (C=O) groups excluding carboxylic acids is 1. The summed E-state index contributed by atoms with van der Waals surface area (Å²) >= 11 is 0. The first-order valence-electron chi connectivity index (χ1n) is 6.04. The number of hydrogen-bond acceptors (Lipinski definition) is 3. The lowest BCUT2D eigenvalue weighted by Crippen LogP contribution is -2.52. The van der Waals surface area contributed by atoms with Crippen LogP contribution in [0.3, 0.4) is 0 Å². The molecule has 1 fully saturated rings. The average molecular weight is 243 g/mol. The van der Waals surface area contributed by atoms with E-state index in [0.717, 1.165) is 25.7 Å². The summed E-state index contributed by atoms with van der Waals surface area (Å²) in [6, 6.07) is -0.375. The Labute approximate surface area is 101 Å². The third-order valence-corrected chi connectivity index (χ3v) is 3.15. The summed E-state index contributed by atoms with van der Waals surface area (Å²) in [5.41, 5.74) is 5.20. The number of carbonyl (C=O) groups is 2. The Bertz CT molecular complexity index is 283. The van der Waals surface area contributed by atoms with Crippen molar-refractivity contribution in [3.8, 4) is 0 Å². The molecule has 0 aromatic rings. The predicted octanol–water partition coefficient (Wildman–Crippen LogP) is 0.624. The molecule has 1 rings (SSSR count). The van der Waals surface area contributed by atoms with Crippen LogP contribution in [0, 0.1) is 5.92 Å². The van der Waals surface area contributed by atoms with Gasteiger partial charge in [-0.25, -0.2) is 9.59 Å². The van der Waals surface area contributed by atoms with Gasteiger partial charge in [0.05, 0.1) is 0 Å². The van der Waals surface area contributed by atoms with Crippen molar-refractivity contribution in [2.75, 3.05) is 0 Å². The van der Waals surface area contributed by atoms with Crippen molar-refractivity contribution in [1.29, 1.82) is 0 Å². The lowest BCUT2D eigenvalue weighted by atomic mass is 10.0. The molecule has 6 heteroatoms. The van der Waals surface area contributed by atoms with E-state index in [1.807, 2.05) is 0 Å². The number of amides is 2. The monoisotopic (exact) mass is 243 g/mol. The molecule has 6 nitrogen and oxygen atoms in total. The molecule has 0 bridgehead atoms. The van der Waals surface area contributed by atoms with Crippen molar-refractivity contribution < 1.29 is 14.7 Å². The molecule has 1 saturated carbocycles. The summed E-state index contributed by atoms with van der Waals surface area (Å²) < 4.78 is 0. The van der Waals surface area contributed by atoms with Gasteiger partial charge in [0.25, 0.3) is 0 Å². The first kappa shape index (κ1) is 13.8. The molecular weight excluding hydrogens is 222 g/mol. The molecule has 0 aliphatic heterocycles. The van der Waals surface area contributed by atoms with Crippen LogP contribution in [0.15, 0.2) is 0 Å². The van der Waals surface area contributed by atoms with Gasteiger partial charge in [0, 0.05) is 6.04 Å². The second-order valence-corrected chi connectivity index (χ2v) is 4.74. The Morgan fingerprint density at radius 2 is 2.00 bits per heavy atom. The summed E-state index contributed by atoms with van der Waals surface area (Å²) in [6.07, 6.45) is 3.91. The number of carboxylic acid groups (broad SMARTS) is 1. The van der Waals surface area contributed by atoms with E-state index in [2.05, 4.69) is 17.6 Å². The number of aliphatic carboxylic acids is 1. The first-order valence-corrected chi connectivity index (χ1v) is 6.04. The molecule has 3 unspecified atom stereocenters. The number of nitrogens with two attached hydrogens (primary N) is 1. The van der Waals surface area contributed by atoms with Gasteiger partial charge >= 0.3 is 12.0 Å². The van der Waals surface area contributed by atoms with E-state index in [-0.39, 0.29) is 6.04 Å². The van der Waals surface area contributed by atoms with Crippen LogP contribution in [0.5, 0.6) is 0 Å². The smallest absolute Gasteiger partial charge is 0.341 e. The Balaban J connectivity index is 2.32. The lowest BCUT2D eigenvalue weighted by Gasteiger charge is -2.18. The minimum Gasteiger partial charge on any atom is -0.479 e.